The normalized spacial score (nSPS) is 21.8. The second-order valence-corrected chi connectivity index (χ2v) is 18.2. The minimum Gasteiger partial charge on any atom is -0.459 e. The predicted molar refractivity (Wildman–Crippen MR) is 268 cm³/mol. The number of amides is 2. The van der Waals surface area contributed by atoms with Gasteiger partial charge < -0.3 is 49.0 Å². The maximum atomic E-state index is 15.3. The molecule has 0 radical (unpaired) electrons. The summed E-state index contributed by atoms with van der Waals surface area (Å²) in [5.41, 5.74) is 3.63. The number of hydrogen-bond acceptors (Lipinski definition) is 15. The Bertz CT molecular complexity index is 2740. The number of rotatable bonds is 23. The molecule has 8 rings (SSSR count). The molecule has 384 valence electrons. The monoisotopic (exact) mass is 1000 g/mol. The molecule has 19 nitrogen and oxygen atoms in total. The molecular formula is C54H59N5O14. The van der Waals surface area contributed by atoms with Crippen molar-refractivity contribution in [3.8, 4) is 23.0 Å². The minimum atomic E-state index is -1.67. The lowest BCUT2D eigenvalue weighted by Crippen LogP contribution is -2.70. The van der Waals surface area contributed by atoms with E-state index in [4.69, 9.17) is 33.7 Å². The van der Waals surface area contributed by atoms with Crippen molar-refractivity contribution in [1.82, 2.24) is 10.2 Å². The lowest BCUT2D eigenvalue weighted by atomic mass is 9.55. The van der Waals surface area contributed by atoms with E-state index in [1.54, 1.807) is 72.5 Å². The Kier molecular flexibility index (Phi) is 16.8. The van der Waals surface area contributed by atoms with Gasteiger partial charge in [-0.15, -0.1) is 6.58 Å². The quantitative estimate of drug-likeness (QED) is 0.0207. The first kappa shape index (κ1) is 51.7. The molecule has 6 atom stereocenters. The number of nitrogens with zero attached hydrogens (tertiary/aromatic N) is 4. The molecule has 0 spiro atoms. The number of benzene rings is 4. The van der Waals surface area contributed by atoms with Gasteiger partial charge in [0, 0.05) is 74.5 Å². The molecule has 3 N–H and O–H groups in total. The summed E-state index contributed by atoms with van der Waals surface area (Å²) < 4.78 is 31.7. The summed E-state index contributed by atoms with van der Waals surface area (Å²) in [4.78, 5) is 58.1. The van der Waals surface area contributed by atoms with E-state index in [1.807, 2.05) is 12.1 Å². The van der Waals surface area contributed by atoms with E-state index in [9.17, 15) is 35.2 Å². The summed E-state index contributed by atoms with van der Waals surface area (Å²) in [7, 11) is 0. The van der Waals surface area contributed by atoms with E-state index >= 15 is 4.79 Å². The number of unbranched alkanes of at least 4 members (excludes halogenated alkanes) is 2. The van der Waals surface area contributed by atoms with E-state index in [1.165, 1.54) is 30.3 Å². The number of aliphatic hydroxyl groups is 2. The second-order valence-electron chi connectivity index (χ2n) is 18.2. The number of ether oxygens (including phenoxy) is 5. The topological polar surface area (TPSA) is 244 Å². The van der Waals surface area contributed by atoms with Crippen molar-refractivity contribution >= 4 is 35.2 Å². The van der Waals surface area contributed by atoms with E-state index in [0.717, 1.165) is 11.1 Å². The van der Waals surface area contributed by atoms with E-state index in [-0.39, 0.29) is 75.1 Å². The Morgan fingerprint density at radius 3 is 2.27 bits per heavy atom. The highest BCUT2D eigenvalue weighted by Gasteiger charge is 2.65. The van der Waals surface area contributed by atoms with E-state index in [2.05, 4.69) is 18.0 Å². The van der Waals surface area contributed by atoms with E-state index in [0.29, 0.717) is 84.7 Å². The fraction of sp³-hybridized carbons (Fsp3) is 0.389. The Morgan fingerprint density at radius 2 is 1.58 bits per heavy atom. The molecule has 19 heteroatoms. The number of carbonyl (C=O) groups is 2. The summed E-state index contributed by atoms with van der Waals surface area (Å²) in [6.45, 7) is 6.12. The van der Waals surface area contributed by atoms with Gasteiger partial charge in [0.05, 0.1) is 28.1 Å². The zero-order valence-corrected chi connectivity index (χ0v) is 40.5. The first-order valence-electron chi connectivity index (χ1n) is 24.5. The van der Waals surface area contributed by atoms with Crippen LogP contribution in [0.15, 0.2) is 120 Å². The fourth-order valence-corrected chi connectivity index (χ4v) is 10.4. The molecule has 0 unspecified atom stereocenters. The van der Waals surface area contributed by atoms with Gasteiger partial charge in [-0.2, -0.15) is 0 Å². The largest absolute Gasteiger partial charge is 0.459 e. The number of nitrogens with one attached hydrogen (secondary N) is 1. The van der Waals surface area contributed by atoms with Gasteiger partial charge in [0.1, 0.15) is 24.1 Å². The summed E-state index contributed by atoms with van der Waals surface area (Å²) in [6, 6.07) is 21.4. The van der Waals surface area contributed by atoms with Crippen molar-refractivity contribution in [2.75, 3.05) is 33.2 Å². The molecule has 2 aliphatic heterocycles. The number of allylic oxidation sites excluding steroid dienone is 1. The molecule has 2 heterocycles. The third-order valence-electron chi connectivity index (χ3n) is 13.7. The highest BCUT2D eigenvalue weighted by atomic mass is 16.7. The van der Waals surface area contributed by atoms with Gasteiger partial charge in [-0.25, -0.2) is 4.79 Å². The average molecular weight is 1000 g/mol. The van der Waals surface area contributed by atoms with Gasteiger partial charge in [-0.1, -0.05) is 36.2 Å². The zero-order chi connectivity index (χ0) is 51.5. The van der Waals surface area contributed by atoms with Crippen LogP contribution in [0.5, 0.6) is 23.0 Å². The van der Waals surface area contributed by atoms with Crippen molar-refractivity contribution in [2.24, 2.45) is 22.9 Å². The van der Waals surface area contributed by atoms with Crippen LogP contribution in [0.25, 0.3) is 6.08 Å². The molecule has 73 heavy (non-hydrogen) atoms. The molecular weight excluding hydrogens is 943 g/mol. The molecule has 2 amide bonds. The van der Waals surface area contributed by atoms with Crippen LogP contribution >= 0.6 is 0 Å². The van der Waals surface area contributed by atoms with Crippen molar-refractivity contribution in [2.45, 2.75) is 82.8 Å². The van der Waals surface area contributed by atoms with Crippen LogP contribution in [0.3, 0.4) is 0 Å². The van der Waals surface area contributed by atoms with Crippen LogP contribution in [-0.4, -0.2) is 87.7 Å². The number of oxime groups is 1. The molecule has 0 aromatic heterocycles. The average Bonchev–Trinajstić information content (AvgIpc) is 3.86. The van der Waals surface area contributed by atoms with Gasteiger partial charge in [0.2, 0.25) is 18.5 Å². The lowest BCUT2D eigenvalue weighted by Gasteiger charge is -2.60. The summed E-state index contributed by atoms with van der Waals surface area (Å²) in [5.74, 6) is -1.80. The number of hydrogen-bond donors (Lipinski definition) is 3. The Balaban J connectivity index is 1.34. The Hall–Kier alpha value is -7.61. The number of aliphatic hydroxyl groups excluding tert-OH is 2. The smallest absolute Gasteiger partial charge is 0.412 e. The van der Waals surface area contributed by atoms with Crippen molar-refractivity contribution in [3.63, 3.8) is 0 Å². The minimum absolute atomic E-state index is 0.00342. The van der Waals surface area contributed by atoms with Gasteiger partial charge in [0.15, 0.2) is 11.5 Å². The predicted octanol–water partition coefficient (Wildman–Crippen LogP) is 8.92. The summed E-state index contributed by atoms with van der Waals surface area (Å²) in [6.07, 6.45) is 10.00. The fourth-order valence-electron chi connectivity index (χ4n) is 10.4. The second kappa shape index (κ2) is 23.7. The number of non-ortho nitro benzene ring substituents is 2. The van der Waals surface area contributed by atoms with Crippen LogP contribution in [0, 0.1) is 38.0 Å². The Morgan fingerprint density at radius 1 is 0.890 bits per heavy atom. The van der Waals surface area contributed by atoms with Crippen molar-refractivity contribution in [1.29, 1.82) is 0 Å². The molecule has 0 bridgehead atoms. The molecule has 0 saturated heterocycles. The van der Waals surface area contributed by atoms with Crippen LogP contribution in [0.4, 0.5) is 16.2 Å². The third kappa shape index (κ3) is 11.7. The van der Waals surface area contributed by atoms with Gasteiger partial charge in [-0.05, 0) is 127 Å². The molecule has 2 aliphatic carbocycles. The van der Waals surface area contributed by atoms with E-state index < -0.39 is 45.5 Å². The summed E-state index contributed by atoms with van der Waals surface area (Å²) >= 11 is 0. The maximum Gasteiger partial charge on any atom is 0.412 e. The molecule has 4 aromatic rings. The number of carbonyl (C=O) groups excluding carboxylic acids is 2. The zero-order valence-electron chi connectivity index (χ0n) is 40.5. The molecule has 4 aromatic carbocycles. The van der Waals surface area contributed by atoms with Crippen molar-refractivity contribution in [3.05, 3.63) is 158 Å². The standard InChI is InChI=1S/C54H59N5O14/c1-3-27-70-54-49(57(32-37-15-22-47-48(28-37)69-34-68-47)50(62)24-16-35-11-17-39(18-12-35)58(64)65)31-45(56-71-33-36-13-19-40(20-14-36)59(66)67)43-29-38(9-5-7-25-60)42(10-6-8-26-61)51(52(43)54)44-30-41(21-23-46(44)73-54)72-53(63)55-4-2/h3,11-24,28-30,38,42,49,51-52,60-61H,1,4-10,25-27,31-34H2,2H3,(H,55,63)/t38-,42+,49-,51+,52+,54+/m0/s1. The third-order valence-corrected chi connectivity index (χ3v) is 13.7. The van der Waals surface area contributed by atoms with Gasteiger partial charge in [-0.3, -0.25) is 25.0 Å². The van der Waals surface area contributed by atoms with Crippen LogP contribution in [0.2, 0.25) is 0 Å². The van der Waals surface area contributed by atoms with Crippen LogP contribution in [0.1, 0.15) is 80.0 Å². The highest BCUT2D eigenvalue weighted by molar-refractivity contribution is 6.03. The maximum absolute atomic E-state index is 15.3. The van der Waals surface area contributed by atoms with Gasteiger partial charge in [0.25, 0.3) is 11.4 Å². The first-order chi connectivity index (χ1) is 35.5. The SMILES string of the molecule is C=CCO[C@@]12Oc3ccc(OC(=O)NCC)cc3[C@H]3[C@H](CCCCO)[C@@H](CCCCO)C=C(C(=NOCc4ccc([N+](=O)[O-])cc4)C[C@@H]1N(Cc1ccc4c(c1)OCO4)C(=O)C=Cc1ccc([N+](=O)[O-])cc1)[C@H]32. The Labute approximate surface area is 422 Å². The number of nitro benzene ring substituents is 2. The summed E-state index contributed by atoms with van der Waals surface area (Å²) in [5, 5.41) is 50.6. The van der Waals surface area contributed by atoms with Crippen LogP contribution < -0.4 is 24.3 Å². The highest BCUT2D eigenvalue weighted by Crippen LogP contribution is 2.62. The number of nitro groups is 2. The number of fused-ring (bicyclic) bond motifs is 3. The molecule has 1 fully saturated rings. The first-order valence-corrected chi connectivity index (χ1v) is 24.5. The molecule has 4 aliphatic rings. The van der Waals surface area contributed by atoms with Gasteiger partial charge >= 0.3 is 6.09 Å². The molecule has 1 saturated carbocycles. The van der Waals surface area contributed by atoms with Crippen molar-refractivity contribution < 1.29 is 58.2 Å². The van der Waals surface area contributed by atoms with Crippen LogP contribution in [-0.2, 0) is 27.5 Å². The lowest BCUT2D eigenvalue weighted by molar-refractivity contribution is -0.385.